The van der Waals surface area contributed by atoms with E-state index in [1.165, 1.54) is 17.1 Å². The van der Waals surface area contributed by atoms with E-state index in [9.17, 15) is 13.9 Å². The van der Waals surface area contributed by atoms with Crippen LogP contribution in [0.3, 0.4) is 0 Å². The van der Waals surface area contributed by atoms with Gasteiger partial charge in [0.25, 0.3) is 0 Å². The van der Waals surface area contributed by atoms with Gasteiger partial charge >= 0.3 is 0 Å². The number of aliphatic hydroxyl groups excluding tert-OH is 1. The van der Waals surface area contributed by atoms with Crippen LogP contribution in [0.25, 0.3) is 0 Å². The van der Waals surface area contributed by atoms with Crippen molar-refractivity contribution < 1.29 is 19.0 Å². The summed E-state index contributed by atoms with van der Waals surface area (Å²) in [5.74, 6) is -1.71. The molecule has 1 aromatic carbocycles. The van der Waals surface area contributed by atoms with Gasteiger partial charge in [-0.25, -0.2) is 13.5 Å². The number of hydrazone groups is 1. The predicted molar refractivity (Wildman–Crippen MR) is 85.9 cm³/mol. The zero-order chi connectivity index (χ0) is 18.4. The first-order valence-electron chi connectivity index (χ1n) is 7.35. The molecule has 0 amide bonds. The summed E-state index contributed by atoms with van der Waals surface area (Å²) in [4.78, 5) is 0. The summed E-state index contributed by atoms with van der Waals surface area (Å²) >= 11 is 0. The average Bonchev–Trinajstić information content (AvgIpc) is 3.01. The van der Waals surface area contributed by atoms with Crippen LogP contribution in [0.2, 0.25) is 0 Å². The van der Waals surface area contributed by atoms with Crippen molar-refractivity contribution in [3.8, 4) is 0 Å². The smallest absolute Gasteiger partial charge is 0.132 e. The van der Waals surface area contributed by atoms with Gasteiger partial charge in [-0.05, 0) is 13.0 Å². The van der Waals surface area contributed by atoms with Gasteiger partial charge in [0.05, 0.1) is 25.9 Å². The lowest BCUT2D eigenvalue weighted by Crippen LogP contribution is -2.42. The Hall–Kier alpha value is -2.72. The molecule has 2 rings (SSSR count). The highest BCUT2D eigenvalue weighted by Crippen LogP contribution is 2.27. The third-order valence-electron chi connectivity index (χ3n) is 3.44. The lowest BCUT2D eigenvalue weighted by atomic mass is 9.92. The second-order valence-corrected chi connectivity index (χ2v) is 5.32. The first-order chi connectivity index (χ1) is 11.9. The van der Waals surface area contributed by atoms with Crippen LogP contribution >= 0.6 is 0 Å². The maximum Gasteiger partial charge on any atom is 0.132 e. The Morgan fingerprint density at radius 1 is 1.44 bits per heavy atom. The maximum atomic E-state index is 14.3. The van der Waals surface area contributed by atoms with Gasteiger partial charge < -0.3 is 10.2 Å². The van der Waals surface area contributed by atoms with Crippen LogP contribution < -0.4 is 0 Å². The van der Waals surface area contributed by atoms with E-state index < -0.39 is 17.2 Å². The maximum absolute atomic E-state index is 14.3. The zero-order valence-corrected chi connectivity index (χ0v) is 13.5. The molecule has 1 atom stereocenters. The van der Waals surface area contributed by atoms with E-state index in [2.05, 4.69) is 15.4 Å². The van der Waals surface area contributed by atoms with Crippen molar-refractivity contribution in [1.29, 1.82) is 5.41 Å². The van der Waals surface area contributed by atoms with Gasteiger partial charge in [0.1, 0.15) is 29.3 Å². The van der Waals surface area contributed by atoms with E-state index >= 15 is 0 Å². The van der Waals surface area contributed by atoms with E-state index in [1.54, 1.807) is 6.92 Å². The molecule has 0 spiro atoms. The molecule has 1 unspecified atom stereocenters. The molecule has 0 radical (unpaired) electrons. The molecule has 1 heterocycles. The molecule has 10 heteroatoms. The van der Waals surface area contributed by atoms with Crippen molar-refractivity contribution in [2.75, 3.05) is 6.54 Å². The van der Waals surface area contributed by atoms with E-state index in [4.69, 9.17) is 10.5 Å². The number of aliphatic hydroxyl groups is 2. The highest BCUT2D eigenvalue weighted by molar-refractivity contribution is 5.57. The number of nitrogens with one attached hydrogen (secondary N) is 1. The summed E-state index contributed by atoms with van der Waals surface area (Å²) < 4.78 is 28.7. The predicted octanol–water partition coefficient (Wildman–Crippen LogP) is 0.851. The summed E-state index contributed by atoms with van der Waals surface area (Å²) in [7, 11) is 0. The first kappa shape index (κ1) is 18.6. The van der Waals surface area contributed by atoms with Crippen molar-refractivity contribution in [1.82, 2.24) is 20.0 Å². The van der Waals surface area contributed by atoms with Crippen molar-refractivity contribution in [3.05, 3.63) is 47.3 Å². The number of benzene rings is 1. The molecule has 0 aliphatic carbocycles. The van der Waals surface area contributed by atoms with Crippen LogP contribution in [-0.2, 0) is 18.8 Å². The molecule has 8 nitrogen and oxygen atoms in total. The molecular weight excluding hydrogens is 334 g/mol. The molecular formula is C15H18F2N6O2. The first-order valence-corrected chi connectivity index (χ1v) is 7.35. The highest BCUT2D eigenvalue weighted by Gasteiger charge is 2.35. The molecule has 1 aromatic heterocycles. The highest BCUT2D eigenvalue weighted by atomic mass is 19.1. The molecule has 25 heavy (non-hydrogen) atoms. The fourth-order valence-corrected chi connectivity index (χ4v) is 2.38. The molecule has 0 saturated carbocycles. The zero-order valence-electron chi connectivity index (χ0n) is 13.5. The molecule has 0 bridgehead atoms. The van der Waals surface area contributed by atoms with Gasteiger partial charge in [-0.15, -0.1) is 5.10 Å². The summed E-state index contributed by atoms with van der Waals surface area (Å²) in [6, 6.07) is 2.83. The van der Waals surface area contributed by atoms with E-state index in [-0.39, 0.29) is 31.0 Å². The Bertz CT molecular complexity index is 766. The molecule has 0 aliphatic heterocycles. The van der Waals surface area contributed by atoms with Crippen LogP contribution in [0.15, 0.2) is 29.5 Å². The Morgan fingerprint density at radius 3 is 2.76 bits per heavy atom. The third-order valence-corrected chi connectivity index (χ3v) is 3.44. The SMILES string of the molecule is C/C=N\N(C=N)CC(O)(Cn1cc(CO)nn1)c1ccc(F)cc1F. The topological polar surface area (TPSA) is 111 Å². The van der Waals surface area contributed by atoms with E-state index in [0.29, 0.717) is 6.07 Å². The fourth-order valence-electron chi connectivity index (χ4n) is 2.38. The Kier molecular flexibility index (Phi) is 5.88. The molecule has 0 saturated heterocycles. The molecule has 3 N–H and O–H groups in total. The average molecular weight is 352 g/mol. The van der Waals surface area contributed by atoms with Gasteiger partial charge in [0.15, 0.2) is 0 Å². The lowest BCUT2D eigenvalue weighted by molar-refractivity contribution is -0.00627. The van der Waals surface area contributed by atoms with E-state index in [0.717, 1.165) is 23.5 Å². The van der Waals surface area contributed by atoms with Crippen molar-refractivity contribution in [2.24, 2.45) is 5.10 Å². The normalized spacial score (nSPS) is 13.8. The minimum absolute atomic E-state index is 0.173. The Morgan fingerprint density at radius 2 is 2.20 bits per heavy atom. The second kappa shape index (κ2) is 7.90. The standard InChI is InChI=1S/C15H18F2N6O2/c1-2-19-23(10-18)9-15(25,8-22-6-12(7-24)20-21-22)13-4-3-11(16)5-14(13)17/h2-6,10,18,24-25H,7-9H2,1H3/b18-10?,19-2-. The molecule has 134 valence electrons. The van der Waals surface area contributed by atoms with E-state index in [1.807, 2.05) is 0 Å². The van der Waals surface area contributed by atoms with Gasteiger partial charge in [-0.3, -0.25) is 10.4 Å². The van der Waals surface area contributed by atoms with Gasteiger partial charge in [0, 0.05) is 17.8 Å². The summed E-state index contributed by atoms with van der Waals surface area (Å²) in [5.41, 5.74) is -1.78. The largest absolute Gasteiger partial charge is 0.390 e. The summed E-state index contributed by atoms with van der Waals surface area (Å²) in [5, 5.41) is 39.9. The number of hydrogen-bond acceptors (Lipinski definition) is 6. The monoisotopic (exact) mass is 352 g/mol. The number of rotatable bonds is 8. The number of aromatic nitrogens is 3. The summed E-state index contributed by atoms with van der Waals surface area (Å²) in [6.07, 6.45) is 3.67. The van der Waals surface area contributed by atoms with Gasteiger partial charge in [0.2, 0.25) is 0 Å². The second-order valence-electron chi connectivity index (χ2n) is 5.32. The summed E-state index contributed by atoms with van der Waals surface area (Å²) in [6.45, 7) is 0.763. The van der Waals surface area contributed by atoms with Crippen LogP contribution in [-0.4, -0.2) is 49.3 Å². The minimum atomic E-state index is -1.89. The Labute approximate surface area is 142 Å². The van der Waals surface area contributed by atoms with Crippen molar-refractivity contribution in [3.63, 3.8) is 0 Å². The fraction of sp³-hybridized carbons (Fsp3) is 0.333. The molecule has 2 aromatic rings. The van der Waals surface area contributed by atoms with Crippen LogP contribution in [0.4, 0.5) is 8.78 Å². The lowest BCUT2D eigenvalue weighted by Gasteiger charge is -2.31. The van der Waals surface area contributed by atoms with Crippen molar-refractivity contribution in [2.45, 2.75) is 25.7 Å². The quantitative estimate of drug-likeness (QED) is 0.371. The van der Waals surface area contributed by atoms with Crippen LogP contribution in [0, 0.1) is 17.0 Å². The molecule has 0 aliphatic rings. The van der Waals surface area contributed by atoms with Crippen LogP contribution in [0.1, 0.15) is 18.2 Å². The number of halogens is 2. The van der Waals surface area contributed by atoms with Gasteiger partial charge in [-0.1, -0.05) is 11.3 Å². The number of nitrogens with zero attached hydrogens (tertiary/aromatic N) is 5. The number of hydrogen-bond donors (Lipinski definition) is 3. The molecule has 0 fully saturated rings. The Balaban J connectivity index is 2.43. The van der Waals surface area contributed by atoms with Gasteiger partial charge in [-0.2, -0.15) is 5.10 Å². The van der Waals surface area contributed by atoms with Crippen molar-refractivity contribution >= 4 is 12.6 Å². The third kappa shape index (κ3) is 4.43. The van der Waals surface area contributed by atoms with Crippen LogP contribution in [0.5, 0.6) is 0 Å². The minimum Gasteiger partial charge on any atom is -0.390 e.